The van der Waals surface area contributed by atoms with E-state index in [0.29, 0.717) is 24.6 Å². The summed E-state index contributed by atoms with van der Waals surface area (Å²) in [5, 5.41) is 48.4. The number of carbonyl (C=O) groups excluding carboxylic acids is 2. The molecule has 4 aromatic carbocycles. The van der Waals surface area contributed by atoms with Gasteiger partial charge < -0.3 is 41.8 Å². The molecule has 0 radical (unpaired) electrons. The lowest BCUT2D eigenvalue weighted by molar-refractivity contribution is 0.0921. The van der Waals surface area contributed by atoms with Gasteiger partial charge in [-0.25, -0.2) is 9.98 Å². The van der Waals surface area contributed by atoms with Crippen molar-refractivity contribution in [1.29, 1.82) is 10.5 Å². The Balaban J connectivity index is 0.000000234. The fraction of sp³-hybridized carbons (Fsp3) is 0.348. The zero-order chi connectivity index (χ0) is 44.5. The zero-order valence-corrected chi connectivity index (χ0v) is 34.9. The van der Waals surface area contributed by atoms with Crippen molar-refractivity contribution in [3.05, 3.63) is 119 Å². The summed E-state index contributed by atoms with van der Waals surface area (Å²) in [4.78, 5) is 34.6. The molecule has 0 aliphatic heterocycles. The van der Waals surface area contributed by atoms with Gasteiger partial charge in [0, 0.05) is 23.9 Å². The minimum absolute atomic E-state index is 0.0200. The maximum absolute atomic E-state index is 12.9. The number of guanidine groups is 2. The Kier molecular flexibility index (Phi) is 16.0. The van der Waals surface area contributed by atoms with Gasteiger partial charge in [0.2, 0.25) is 11.9 Å². The lowest BCUT2D eigenvalue weighted by atomic mass is 9.68. The van der Waals surface area contributed by atoms with Crippen LogP contribution in [0.1, 0.15) is 83.2 Å². The molecule has 0 bridgehead atoms. The van der Waals surface area contributed by atoms with E-state index in [1.54, 1.807) is 36.7 Å². The van der Waals surface area contributed by atoms with E-state index in [9.17, 15) is 19.8 Å². The molecular weight excluding hydrogens is 789 g/mol. The molecule has 4 aromatic rings. The number of nitriles is 2. The first kappa shape index (κ1) is 45.6. The van der Waals surface area contributed by atoms with Crippen LogP contribution in [0, 0.1) is 22.9 Å². The number of rotatable bonds is 12. The lowest BCUT2D eigenvalue weighted by Crippen LogP contribution is -2.44. The lowest BCUT2D eigenvalue weighted by Gasteiger charge is -2.40. The summed E-state index contributed by atoms with van der Waals surface area (Å²) in [6.07, 6.45) is 9.84. The van der Waals surface area contributed by atoms with Gasteiger partial charge in [-0.1, -0.05) is 72.8 Å². The maximum atomic E-state index is 12.9. The van der Waals surface area contributed by atoms with Crippen molar-refractivity contribution >= 4 is 23.7 Å². The summed E-state index contributed by atoms with van der Waals surface area (Å²) in [5.74, 6) is -0.108. The number of aromatic hydroxyl groups is 2. The molecule has 10 N–H and O–H groups in total. The van der Waals surface area contributed by atoms with Gasteiger partial charge in [-0.15, -0.1) is 0 Å². The average Bonchev–Trinajstić information content (AvgIpc) is 3.29. The second kappa shape index (κ2) is 21.7. The van der Waals surface area contributed by atoms with Crippen LogP contribution in [-0.4, -0.2) is 73.3 Å². The fourth-order valence-electron chi connectivity index (χ4n) is 8.37. The second-order valence-electron chi connectivity index (χ2n) is 15.3. The summed E-state index contributed by atoms with van der Waals surface area (Å²) in [5.41, 5.74) is 13.5. The number of benzene rings is 4. The van der Waals surface area contributed by atoms with E-state index in [1.165, 1.54) is 26.4 Å². The zero-order valence-electron chi connectivity index (χ0n) is 34.9. The van der Waals surface area contributed by atoms with Gasteiger partial charge in [0.1, 0.15) is 34.1 Å². The molecule has 6 rings (SSSR count). The third-order valence-corrected chi connectivity index (χ3v) is 11.7. The number of carbonyl (C=O) groups is 2. The van der Waals surface area contributed by atoms with Crippen LogP contribution in [0.25, 0.3) is 0 Å². The first-order valence-electron chi connectivity index (χ1n) is 20.3. The summed E-state index contributed by atoms with van der Waals surface area (Å²) in [6.45, 7) is 0.825. The number of phenolic OH excluding ortho intramolecular Hbond substituents is 2. The highest BCUT2D eigenvalue weighted by Crippen LogP contribution is 2.42. The fourth-order valence-corrected chi connectivity index (χ4v) is 8.37. The summed E-state index contributed by atoms with van der Waals surface area (Å²) in [6, 6.07) is 29.7. The van der Waals surface area contributed by atoms with Crippen molar-refractivity contribution < 1.29 is 29.3 Å². The topological polar surface area (TPSA) is 266 Å². The third kappa shape index (κ3) is 11.4. The molecule has 2 amide bonds. The van der Waals surface area contributed by atoms with E-state index in [-0.39, 0.29) is 69.3 Å². The normalized spacial score (nSPS) is 21.0. The monoisotopic (exact) mass is 842 g/mol. The molecule has 2 saturated carbocycles. The van der Waals surface area contributed by atoms with E-state index in [2.05, 4.69) is 55.5 Å². The largest absolute Gasteiger partial charge is 0.507 e. The number of hydrogen-bond acceptors (Lipinski definition) is 10. The van der Waals surface area contributed by atoms with Crippen LogP contribution >= 0.6 is 0 Å². The molecule has 0 unspecified atom stereocenters. The summed E-state index contributed by atoms with van der Waals surface area (Å²) in [7, 11) is 2.93. The number of methoxy groups -OCH3 is 2. The van der Waals surface area contributed by atoms with Crippen LogP contribution in [0.5, 0.6) is 23.0 Å². The Bertz CT molecular complexity index is 2110. The number of amides is 2. The molecule has 2 aliphatic carbocycles. The Hall–Kier alpha value is -7.46. The minimum Gasteiger partial charge on any atom is -0.507 e. The predicted molar refractivity (Wildman–Crippen MR) is 235 cm³/mol. The van der Waals surface area contributed by atoms with Crippen molar-refractivity contribution in [2.75, 3.05) is 27.3 Å². The van der Waals surface area contributed by atoms with Gasteiger partial charge >= 0.3 is 0 Å². The number of hydrogen-bond donors (Lipinski definition) is 8. The van der Waals surface area contributed by atoms with Crippen LogP contribution in [0.4, 0.5) is 0 Å². The Morgan fingerprint density at radius 3 is 1.31 bits per heavy atom. The summed E-state index contributed by atoms with van der Waals surface area (Å²) >= 11 is 0. The Labute approximate surface area is 361 Å². The van der Waals surface area contributed by atoms with E-state index < -0.39 is 0 Å². The smallest absolute Gasteiger partial charge is 0.258 e. The van der Waals surface area contributed by atoms with Crippen LogP contribution in [0.2, 0.25) is 0 Å². The maximum Gasteiger partial charge on any atom is 0.258 e. The van der Waals surface area contributed by atoms with Crippen molar-refractivity contribution in [1.82, 2.24) is 21.3 Å². The number of aliphatic imine (C=N–C) groups is 2. The summed E-state index contributed by atoms with van der Waals surface area (Å²) < 4.78 is 10.5. The molecular formula is C46H54N10O6. The molecule has 0 heterocycles. The van der Waals surface area contributed by atoms with Crippen molar-refractivity contribution in [3.63, 3.8) is 0 Å². The van der Waals surface area contributed by atoms with Gasteiger partial charge in [0.25, 0.3) is 11.8 Å². The number of phenols is 2. The molecule has 62 heavy (non-hydrogen) atoms. The molecule has 0 atom stereocenters. The number of nitrogens with zero attached hydrogens (tertiary/aromatic N) is 4. The number of nitrogens with one attached hydrogen (secondary N) is 4. The number of nitrogens with two attached hydrogens (primary N) is 2. The highest BCUT2D eigenvalue weighted by molar-refractivity contribution is 6.00. The van der Waals surface area contributed by atoms with E-state index in [4.69, 9.17) is 31.5 Å². The molecule has 2 fully saturated rings. The standard InChI is InChI=1S/2C23H27N5O3/c2*1-31-19-9-5-8-18(29)20(19)21(30)26-14-23(16-6-3-2-4-7-16)12-10-17(11-13-23)28-22(25)27-15-24/h2*2-9,17,29H,10-14H2,1H3,(H,26,30)(H3,25,27,28). The van der Waals surface area contributed by atoms with E-state index in [0.717, 1.165) is 62.5 Å². The molecule has 0 aromatic heterocycles. The minimum atomic E-state index is -0.382. The van der Waals surface area contributed by atoms with Crippen LogP contribution in [0.3, 0.4) is 0 Å². The first-order chi connectivity index (χ1) is 30.0. The molecule has 16 nitrogen and oxygen atoms in total. The van der Waals surface area contributed by atoms with Crippen molar-refractivity contribution in [3.8, 4) is 35.4 Å². The molecule has 0 saturated heterocycles. The van der Waals surface area contributed by atoms with Gasteiger partial charge in [-0.2, -0.15) is 10.5 Å². The number of ether oxygens (including phenoxy) is 2. The van der Waals surface area contributed by atoms with Crippen molar-refractivity contribution in [2.24, 2.45) is 21.5 Å². The third-order valence-electron chi connectivity index (χ3n) is 11.7. The van der Waals surface area contributed by atoms with E-state index in [1.807, 2.05) is 36.4 Å². The molecule has 16 heteroatoms. The molecule has 0 spiro atoms. The van der Waals surface area contributed by atoms with Gasteiger partial charge in [0.05, 0.1) is 26.3 Å². The predicted octanol–water partition coefficient (Wildman–Crippen LogP) is 4.79. The molecule has 324 valence electrons. The average molecular weight is 843 g/mol. The van der Waals surface area contributed by atoms with Crippen LogP contribution < -0.4 is 42.2 Å². The highest BCUT2D eigenvalue weighted by Gasteiger charge is 2.39. The van der Waals surface area contributed by atoms with Gasteiger partial charge in [-0.05, 0) is 86.8 Å². The first-order valence-corrected chi connectivity index (χ1v) is 20.3. The molecule has 2 aliphatic rings. The van der Waals surface area contributed by atoms with Gasteiger partial charge in [-0.3, -0.25) is 20.2 Å². The van der Waals surface area contributed by atoms with E-state index >= 15 is 0 Å². The Morgan fingerprint density at radius 1 is 0.629 bits per heavy atom. The van der Waals surface area contributed by atoms with Crippen LogP contribution in [0.15, 0.2) is 107 Å². The second-order valence-corrected chi connectivity index (χ2v) is 15.3. The van der Waals surface area contributed by atoms with Gasteiger partial charge in [0.15, 0.2) is 12.4 Å². The highest BCUT2D eigenvalue weighted by atomic mass is 16.5. The SMILES string of the molecule is COc1cccc(O)c1C(=O)NCC1(c2ccccc2)CCC(N=C(N)NC#N)CC1.COc1cccc(O)c1C(=O)NCC1(c2ccccc2)CCC(N=C(N)NC#N)CC1. The van der Waals surface area contributed by atoms with Crippen molar-refractivity contribution in [2.45, 2.75) is 74.3 Å². The van der Waals surface area contributed by atoms with Crippen LogP contribution in [-0.2, 0) is 10.8 Å². The Morgan fingerprint density at radius 2 is 0.984 bits per heavy atom. The quantitative estimate of drug-likeness (QED) is 0.0414.